The number of rotatable bonds is 9. The smallest absolute Gasteiger partial charge is 0.267 e. The van der Waals surface area contributed by atoms with Crippen molar-refractivity contribution in [2.24, 2.45) is 10.2 Å². The van der Waals surface area contributed by atoms with Gasteiger partial charge in [-0.05, 0) is 83.6 Å². The van der Waals surface area contributed by atoms with Crippen molar-refractivity contribution in [2.75, 3.05) is 7.11 Å². The normalized spacial score (nSPS) is 15.4. The number of carbonyl (C=O) groups is 1. The summed E-state index contributed by atoms with van der Waals surface area (Å²) in [7, 11) is 1.54. The molecular formula is C30H22Cl2FN3O4S. The lowest BCUT2D eigenvalue weighted by atomic mass is 10.2. The number of nitrogens with zero attached hydrogens (tertiary/aromatic N) is 3. The fourth-order valence-electron chi connectivity index (χ4n) is 3.81. The number of methoxy groups -OCH3 is 1. The van der Waals surface area contributed by atoms with Gasteiger partial charge in [0.15, 0.2) is 16.7 Å². The highest BCUT2D eigenvalue weighted by Crippen LogP contribution is 2.34. The van der Waals surface area contributed by atoms with Gasteiger partial charge in [0, 0.05) is 15.6 Å². The minimum Gasteiger partial charge on any atom is -0.493 e. The Morgan fingerprint density at radius 3 is 2.56 bits per heavy atom. The summed E-state index contributed by atoms with van der Waals surface area (Å²) in [5, 5.41) is 9.99. The second-order valence-electron chi connectivity index (χ2n) is 8.69. The van der Waals surface area contributed by atoms with Crippen LogP contribution in [0.1, 0.15) is 22.5 Å². The van der Waals surface area contributed by atoms with E-state index in [1.165, 1.54) is 35.1 Å². The molecular weight excluding hydrogens is 588 g/mol. The van der Waals surface area contributed by atoms with Gasteiger partial charge in [0.2, 0.25) is 0 Å². The molecule has 11 heteroatoms. The molecule has 0 unspecified atom stereocenters. The lowest BCUT2D eigenvalue weighted by Gasteiger charge is -2.13. The Morgan fingerprint density at radius 1 is 1.02 bits per heavy atom. The molecule has 1 saturated heterocycles. The Balaban J connectivity index is 1.33. The van der Waals surface area contributed by atoms with Gasteiger partial charge in [0.1, 0.15) is 18.2 Å². The number of amidine groups is 1. The summed E-state index contributed by atoms with van der Waals surface area (Å²) < 4.78 is 30.2. The monoisotopic (exact) mass is 609 g/mol. The molecule has 208 valence electrons. The molecule has 1 aliphatic rings. The fourth-order valence-corrected chi connectivity index (χ4v) is 5.21. The molecule has 0 saturated carbocycles. The highest BCUT2D eigenvalue weighted by atomic mass is 35.5. The molecule has 4 aromatic rings. The van der Waals surface area contributed by atoms with Gasteiger partial charge < -0.3 is 13.9 Å². The van der Waals surface area contributed by atoms with E-state index >= 15 is 0 Å². The minimum absolute atomic E-state index is 0.186. The summed E-state index contributed by atoms with van der Waals surface area (Å²) in [6, 6.07) is 19.9. The van der Waals surface area contributed by atoms with Crippen LogP contribution < -0.4 is 9.47 Å². The Kier molecular flexibility index (Phi) is 9.08. The van der Waals surface area contributed by atoms with E-state index in [4.69, 9.17) is 37.1 Å². The standard InChI is InChI=1S/C30H22Cl2FN3O4S/c1-38-27-13-20(6-11-26(27)40-18-21-7-8-22(31)15-25(21)32)16-34-35-30-36(17-24-3-2-12-39-24)29(37)28(41-30)14-19-4-9-23(33)10-5-19/h2-16H,17-18H2,1H3/b28-14-,34-16+,35-30-. The summed E-state index contributed by atoms with van der Waals surface area (Å²) in [6.45, 7) is 0.420. The molecule has 41 heavy (non-hydrogen) atoms. The SMILES string of the molecule is COc1cc(/C=N/N=C2\S/C(=C\c3ccc(F)cc3)C(=O)N2Cc2ccco2)ccc1OCc1ccc(Cl)cc1Cl. The first-order valence-corrected chi connectivity index (χ1v) is 13.8. The first-order chi connectivity index (χ1) is 19.9. The number of hydrogen-bond acceptors (Lipinski definition) is 7. The Hall–Kier alpha value is -4.05. The van der Waals surface area contributed by atoms with Crippen molar-refractivity contribution in [3.8, 4) is 11.5 Å². The molecule has 0 aliphatic carbocycles. The molecule has 0 radical (unpaired) electrons. The highest BCUT2D eigenvalue weighted by Gasteiger charge is 2.34. The molecule has 2 heterocycles. The molecule has 5 rings (SSSR count). The minimum atomic E-state index is -0.351. The van der Waals surface area contributed by atoms with Crippen LogP contribution in [-0.2, 0) is 17.9 Å². The van der Waals surface area contributed by atoms with Crippen LogP contribution in [0, 0.1) is 5.82 Å². The molecule has 1 aliphatic heterocycles. The summed E-state index contributed by atoms with van der Waals surface area (Å²) in [5.74, 6) is 1.02. The number of ether oxygens (including phenoxy) is 2. The zero-order valence-electron chi connectivity index (χ0n) is 21.6. The maximum Gasteiger partial charge on any atom is 0.267 e. The quantitative estimate of drug-likeness (QED) is 0.110. The van der Waals surface area contributed by atoms with Crippen LogP contribution in [0.3, 0.4) is 0 Å². The highest BCUT2D eigenvalue weighted by molar-refractivity contribution is 8.18. The summed E-state index contributed by atoms with van der Waals surface area (Å²) in [5.41, 5.74) is 2.19. The maximum absolute atomic E-state index is 13.3. The second kappa shape index (κ2) is 13.1. The van der Waals surface area contributed by atoms with E-state index < -0.39 is 0 Å². The third-order valence-electron chi connectivity index (χ3n) is 5.89. The van der Waals surface area contributed by atoms with Gasteiger partial charge in [0.25, 0.3) is 5.91 Å². The number of benzene rings is 3. The van der Waals surface area contributed by atoms with Gasteiger partial charge in [-0.2, -0.15) is 5.10 Å². The molecule has 1 amide bonds. The zero-order chi connectivity index (χ0) is 28.8. The third kappa shape index (κ3) is 7.18. The molecule has 0 atom stereocenters. The van der Waals surface area contributed by atoms with Crippen LogP contribution in [0.5, 0.6) is 11.5 Å². The van der Waals surface area contributed by atoms with Crippen molar-refractivity contribution >= 4 is 58.3 Å². The topological polar surface area (TPSA) is 76.6 Å². The van der Waals surface area contributed by atoms with Crippen molar-refractivity contribution in [1.29, 1.82) is 0 Å². The largest absolute Gasteiger partial charge is 0.493 e. The average Bonchev–Trinajstić information content (AvgIpc) is 3.58. The lowest BCUT2D eigenvalue weighted by molar-refractivity contribution is -0.122. The van der Waals surface area contributed by atoms with Gasteiger partial charge in [-0.1, -0.05) is 41.4 Å². The summed E-state index contributed by atoms with van der Waals surface area (Å²) >= 11 is 13.4. The predicted molar refractivity (Wildman–Crippen MR) is 160 cm³/mol. The summed E-state index contributed by atoms with van der Waals surface area (Å²) in [6.07, 6.45) is 4.78. The Morgan fingerprint density at radius 2 is 1.83 bits per heavy atom. The van der Waals surface area contributed by atoms with Crippen molar-refractivity contribution in [3.63, 3.8) is 0 Å². The number of amides is 1. The predicted octanol–water partition coefficient (Wildman–Crippen LogP) is 7.82. The van der Waals surface area contributed by atoms with Crippen LogP contribution in [-0.4, -0.2) is 29.3 Å². The van der Waals surface area contributed by atoms with Crippen LogP contribution in [0.15, 0.2) is 98.6 Å². The Bertz CT molecular complexity index is 1640. The van der Waals surface area contributed by atoms with Crippen LogP contribution in [0.2, 0.25) is 10.0 Å². The van der Waals surface area contributed by atoms with E-state index in [1.54, 1.807) is 80.1 Å². The van der Waals surface area contributed by atoms with Crippen molar-refractivity contribution < 1.29 is 23.1 Å². The third-order valence-corrected chi connectivity index (χ3v) is 7.47. The van der Waals surface area contributed by atoms with Gasteiger partial charge in [0.05, 0.1) is 31.0 Å². The molecule has 0 spiro atoms. The molecule has 7 nitrogen and oxygen atoms in total. The molecule has 3 aromatic carbocycles. The zero-order valence-corrected chi connectivity index (χ0v) is 23.9. The molecule has 0 bridgehead atoms. The Labute approximate surface area is 249 Å². The molecule has 1 aromatic heterocycles. The van der Waals surface area contributed by atoms with Crippen molar-refractivity contribution in [1.82, 2.24) is 4.90 Å². The maximum atomic E-state index is 13.3. The number of furan rings is 1. The number of halogens is 3. The molecule has 1 fully saturated rings. The first kappa shape index (κ1) is 28.5. The number of hydrogen-bond donors (Lipinski definition) is 0. The van der Waals surface area contributed by atoms with E-state index in [1.807, 2.05) is 0 Å². The van der Waals surface area contributed by atoms with E-state index in [2.05, 4.69) is 10.2 Å². The van der Waals surface area contributed by atoms with Gasteiger partial charge in [-0.25, -0.2) is 4.39 Å². The van der Waals surface area contributed by atoms with E-state index in [9.17, 15) is 9.18 Å². The van der Waals surface area contributed by atoms with Crippen molar-refractivity contribution in [3.05, 3.63) is 122 Å². The number of carbonyl (C=O) groups excluding carboxylic acids is 1. The fraction of sp³-hybridized carbons (Fsp3) is 0.100. The van der Waals surface area contributed by atoms with E-state index in [0.29, 0.717) is 48.5 Å². The van der Waals surface area contributed by atoms with E-state index in [0.717, 1.165) is 5.56 Å². The first-order valence-electron chi connectivity index (χ1n) is 12.2. The molecule has 0 N–H and O–H groups in total. The van der Waals surface area contributed by atoms with Crippen LogP contribution in [0.4, 0.5) is 4.39 Å². The van der Waals surface area contributed by atoms with Crippen LogP contribution >= 0.6 is 35.0 Å². The lowest BCUT2D eigenvalue weighted by Crippen LogP contribution is -2.28. The van der Waals surface area contributed by atoms with Crippen molar-refractivity contribution in [2.45, 2.75) is 13.2 Å². The van der Waals surface area contributed by atoms with E-state index in [-0.39, 0.29) is 24.9 Å². The summed E-state index contributed by atoms with van der Waals surface area (Å²) in [4.78, 5) is 15.1. The average molecular weight is 610 g/mol. The van der Waals surface area contributed by atoms with Gasteiger partial charge in [-0.3, -0.25) is 9.69 Å². The van der Waals surface area contributed by atoms with Crippen LogP contribution in [0.25, 0.3) is 6.08 Å². The van der Waals surface area contributed by atoms with Gasteiger partial charge in [-0.15, -0.1) is 5.10 Å². The number of thioether (sulfide) groups is 1. The second-order valence-corrected chi connectivity index (χ2v) is 10.5. The van der Waals surface area contributed by atoms with Gasteiger partial charge >= 0.3 is 0 Å².